The monoisotopic (exact) mass is 331 g/mol. The van der Waals surface area contributed by atoms with Gasteiger partial charge in [-0.15, -0.1) is 0 Å². The van der Waals surface area contributed by atoms with E-state index >= 15 is 0 Å². The van der Waals surface area contributed by atoms with Crippen LogP contribution in [0.25, 0.3) is 0 Å². The van der Waals surface area contributed by atoms with E-state index in [1.54, 1.807) is 6.92 Å². The maximum absolute atomic E-state index is 11.9. The highest BCUT2D eigenvalue weighted by atomic mass is 16.5. The first kappa shape index (κ1) is 20.4. The van der Waals surface area contributed by atoms with Crippen molar-refractivity contribution in [2.24, 2.45) is 11.8 Å². The van der Waals surface area contributed by atoms with E-state index in [2.05, 4.69) is 6.92 Å². The first-order valence-electron chi connectivity index (χ1n) is 8.63. The molecule has 0 saturated carbocycles. The summed E-state index contributed by atoms with van der Waals surface area (Å²) in [6, 6.07) is -0.272. The van der Waals surface area contributed by atoms with Gasteiger partial charge in [-0.3, -0.25) is 4.79 Å². The number of carbonyl (C=O) groups excluding carboxylic acids is 1. The molecule has 6 heteroatoms. The standard InChI is InChI=1S/C17H33NO5/c1-11-8-14(19)7-5-6-12(2)17(22)23-10-15(20)16(21)13(3)18(4)9-11/h11-16,19-21H,5-10H2,1-4H3/t11-,12?,13?,14?,15?,16?/m1/s1. The molecule has 0 radical (unpaired) electrons. The van der Waals surface area contributed by atoms with Gasteiger partial charge >= 0.3 is 5.97 Å². The number of hydrogen-bond donors (Lipinski definition) is 3. The van der Waals surface area contributed by atoms with Gasteiger partial charge in [-0.25, -0.2) is 0 Å². The molecular formula is C17H33NO5. The van der Waals surface area contributed by atoms with Gasteiger partial charge in [0.05, 0.1) is 18.1 Å². The van der Waals surface area contributed by atoms with Gasteiger partial charge in [-0.1, -0.05) is 20.3 Å². The number of aliphatic hydroxyl groups is 3. The number of rotatable bonds is 0. The van der Waals surface area contributed by atoms with Crippen LogP contribution in [0.1, 0.15) is 46.5 Å². The summed E-state index contributed by atoms with van der Waals surface area (Å²) in [5.41, 5.74) is 0. The molecule has 1 heterocycles. The maximum Gasteiger partial charge on any atom is 0.308 e. The minimum Gasteiger partial charge on any atom is -0.463 e. The highest BCUT2D eigenvalue weighted by Crippen LogP contribution is 2.18. The lowest BCUT2D eigenvalue weighted by Gasteiger charge is -2.33. The summed E-state index contributed by atoms with van der Waals surface area (Å²) >= 11 is 0. The second-order valence-corrected chi connectivity index (χ2v) is 7.19. The number of esters is 1. The van der Waals surface area contributed by atoms with E-state index in [0.717, 1.165) is 13.0 Å². The molecule has 0 spiro atoms. The van der Waals surface area contributed by atoms with Crippen LogP contribution in [0.2, 0.25) is 0 Å². The van der Waals surface area contributed by atoms with Gasteiger partial charge in [0.15, 0.2) is 0 Å². The number of cyclic esters (lactones) is 1. The molecular weight excluding hydrogens is 298 g/mol. The van der Waals surface area contributed by atoms with Gasteiger partial charge in [-0.2, -0.15) is 0 Å². The average molecular weight is 331 g/mol. The number of likely N-dealkylation sites (N-methyl/N-ethyl adjacent to an activating group) is 1. The van der Waals surface area contributed by atoms with Crippen molar-refractivity contribution in [3.8, 4) is 0 Å². The van der Waals surface area contributed by atoms with Crippen molar-refractivity contribution in [2.45, 2.75) is 70.8 Å². The number of aliphatic hydroxyl groups excluding tert-OH is 3. The van der Waals surface area contributed by atoms with Gasteiger partial charge in [0.1, 0.15) is 12.7 Å². The normalized spacial score (nSPS) is 40.0. The van der Waals surface area contributed by atoms with E-state index < -0.39 is 12.2 Å². The van der Waals surface area contributed by atoms with Gasteiger partial charge in [0.25, 0.3) is 0 Å². The first-order valence-corrected chi connectivity index (χ1v) is 8.63. The zero-order valence-corrected chi connectivity index (χ0v) is 14.8. The van der Waals surface area contributed by atoms with Crippen LogP contribution in [-0.4, -0.2) is 70.7 Å². The summed E-state index contributed by atoms with van der Waals surface area (Å²) in [6.07, 6.45) is 0.305. The Morgan fingerprint density at radius 2 is 1.78 bits per heavy atom. The Kier molecular flexibility index (Phi) is 8.47. The fraction of sp³-hybridized carbons (Fsp3) is 0.941. The SMILES string of the molecule is CC1CCCC(O)C[C@@H](C)CN(C)C(C)C(O)C(O)COC1=O. The molecule has 136 valence electrons. The van der Waals surface area contributed by atoms with Crippen molar-refractivity contribution in [3.05, 3.63) is 0 Å². The Hall–Kier alpha value is -0.690. The predicted octanol–water partition coefficient (Wildman–Crippen LogP) is 0.779. The summed E-state index contributed by atoms with van der Waals surface area (Å²) in [5, 5.41) is 30.4. The molecule has 1 fully saturated rings. The summed E-state index contributed by atoms with van der Waals surface area (Å²) < 4.78 is 5.11. The van der Waals surface area contributed by atoms with Crippen LogP contribution < -0.4 is 0 Å². The fourth-order valence-electron chi connectivity index (χ4n) is 3.08. The molecule has 1 saturated heterocycles. The van der Waals surface area contributed by atoms with Crippen LogP contribution in [-0.2, 0) is 9.53 Å². The van der Waals surface area contributed by atoms with E-state index in [9.17, 15) is 20.1 Å². The molecule has 6 atom stereocenters. The van der Waals surface area contributed by atoms with Crippen LogP contribution in [0.4, 0.5) is 0 Å². The second-order valence-electron chi connectivity index (χ2n) is 7.19. The minimum absolute atomic E-state index is 0.194. The van der Waals surface area contributed by atoms with Gasteiger partial charge in [-0.05, 0) is 39.2 Å². The second kappa shape index (κ2) is 9.57. The van der Waals surface area contributed by atoms with Crippen molar-refractivity contribution in [3.63, 3.8) is 0 Å². The Labute approximate surface area is 139 Å². The summed E-state index contributed by atoms with van der Waals surface area (Å²) in [6.45, 7) is 6.22. The quantitative estimate of drug-likeness (QED) is 0.568. The van der Waals surface area contributed by atoms with E-state index in [4.69, 9.17) is 4.74 Å². The Morgan fingerprint density at radius 3 is 2.43 bits per heavy atom. The lowest BCUT2D eigenvalue weighted by atomic mass is 9.96. The third kappa shape index (κ3) is 6.75. The van der Waals surface area contributed by atoms with Crippen LogP contribution in [0.5, 0.6) is 0 Å². The number of ether oxygens (including phenoxy) is 1. The van der Waals surface area contributed by atoms with Crippen molar-refractivity contribution in [1.82, 2.24) is 4.90 Å². The molecule has 1 aliphatic rings. The van der Waals surface area contributed by atoms with Crippen LogP contribution in [0, 0.1) is 11.8 Å². The van der Waals surface area contributed by atoms with Gasteiger partial charge < -0.3 is 25.0 Å². The van der Waals surface area contributed by atoms with Crippen molar-refractivity contribution in [2.75, 3.05) is 20.2 Å². The molecule has 23 heavy (non-hydrogen) atoms. The number of hydrogen-bond acceptors (Lipinski definition) is 6. The third-order valence-corrected chi connectivity index (χ3v) is 4.83. The topological polar surface area (TPSA) is 90.2 Å². The Bertz CT molecular complexity index is 365. The highest BCUT2D eigenvalue weighted by molar-refractivity contribution is 5.71. The highest BCUT2D eigenvalue weighted by Gasteiger charge is 2.29. The average Bonchev–Trinajstić information content (AvgIpc) is 2.49. The Balaban J connectivity index is 2.77. The van der Waals surface area contributed by atoms with E-state index in [1.165, 1.54) is 0 Å². The van der Waals surface area contributed by atoms with E-state index in [0.29, 0.717) is 19.3 Å². The summed E-state index contributed by atoms with van der Waals surface area (Å²) in [7, 11) is 1.88. The molecule has 0 aromatic rings. The lowest BCUT2D eigenvalue weighted by Crippen LogP contribution is -2.48. The van der Waals surface area contributed by atoms with Crippen LogP contribution in [0.3, 0.4) is 0 Å². The zero-order chi connectivity index (χ0) is 17.6. The van der Waals surface area contributed by atoms with Crippen molar-refractivity contribution >= 4 is 5.97 Å². The van der Waals surface area contributed by atoms with Crippen molar-refractivity contribution in [1.29, 1.82) is 0 Å². The zero-order valence-electron chi connectivity index (χ0n) is 14.8. The van der Waals surface area contributed by atoms with Crippen LogP contribution >= 0.6 is 0 Å². The number of nitrogens with zero attached hydrogens (tertiary/aromatic N) is 1. The molecule has 0 bridgehead atoms. The predicted molar refractivity (Wildman–Crippen MR) is 87.9 cm³/mol. The Morgan fingerprint density at radius 1 is 1.13 bits per heavy atom. The summed E-state index contributed by atoms with van der Waals surface area (Å²) in [5.74, 6) is -0.355. The van der Waals surface area contributed by atoms with E-state index in [-0.39, 0.29) is 36.6 Å². The molecule has 0 amide bonds. The molecule has 1 rings (SSSR count). The third-order valence-electron chi connectivity index (χ3n) is 4.83. The first-order chi connectivity index (χ1) is 10.7. The van der Waals surface area contributed by atoms with Gasteiger partial charge in [0.2, 0.25) is 0 Å². The molecule has 5 unspecified atom stereocenters. The largest absolute Gasteiger partial charge is 0.463 e. The molecule has 3 N–H and O–H groups in total. The fourth-order valence-corrected chi connectivity index (χ4v) is 3.08. The van der Waals surface area contributed by atoms with Gasteiger partial charge in [0, 0.05) is 12.6 Å². The lowest BCUT2D eigenvalue weighted by molar-refractivity contribution is -0.154. The molecule has 0 aromatic carbocycles. The summed E-state index contributed by atoms with van der Waals surface area (Å²) in [4.78, 5) is 13.9. The molecule has 1 aliphatic heterocycles. The smallest absolute Gasteiger partial charge is 0.308 e. The maximum atomic E-state index is 11.9. The minimum atomic E-state index is -1.10. The number of carbonyl (C=O) groups is 1. The molecule has 0 aromatic heterocycles. The molecule has 0 aliphatic carbocycles. The van der Waals surface area contributed by atoms with Crippen molar-refractivity contribution < 1.29 is 24.9 Å². The van der Waals surface area contributed by atoms with Crippen LogP contribution in [0.15, 0.2) is 0 Å². The molecule has 6 nitrogen and oxygen atoms in total. The van der Waals surface area contributed by atoms with E-state index in [1.807, 2.05) is 18.9 Å².